The van der Waals surface area contributed by atoms with E-state index in [9.17, 15) is 24.2 Å². The van der Waals surface area contributed by atoms with E-state index in [-0.39, 0.29) is 32.1 Å². The van der Waals surface area contributed by atoms with E-state index in [1.807, 2.05) is 0 Å². The Labute approximate surface area is 382 Å². The fraction of sp³-hybridized carbons (Fsp3) is 0.846. The first-order valence-corrected chi connectivity index (χ1v) is 27.5. The third-order valence-electron chi connectivity index (χ3n) is 11.3. The average molecular weight is 896 g/mol. The second-order valence-corrected chi connectivity index (χ2v) is 18.9. The maximum atomic E-state index is 12.1. The van der Waals surface area contributed by atoms with Gasteiger partial charge in [0.15, 0.2) is 0 Å². The molecule has 0 aromatic carbocycles. The van der Waals surface area contributed by atoms with Gasteiger partial charge < -0.3 is 20.1 Å². The van der Waals surface area contributed by atoms with E-state index in [0.29, 0.717) is 6.42 Å². The van der Waals surface area contributed by atoms with Crippen LogP contribution in [0.1, 0.15) is 251 Å². The number of carbonyl (C=O) groups is 2. The summed E-state index contributed by atoms with van der Waals surface area (Å²) in [5.41, 5.74) is 0. The van der Waals surface area contributed by atoms with Crippen molar-refractivity contribution in [2.45, 2.75) is 258 Å². The highest BCUT2D eigenvalue weighted by molar-refractivity contribution is 7.47. The lowest BCUT2D eigenvalue weighted by Crippen LogP contribution is -2.27. The minimum Gasteiger partial charge on any atom is -0.463 e. The van der Waals surface area contributed by atoms with Crippen molar-refractivity contribution in [1.29, 1.82) is 0 Å². The van der Waals surface area contributed by atoms with Gasteiger partial charge in [-0.05, 0) is 70.6 Å². The number of carbonyl (C=O) groups excluding carboxylic acids is 2. The standard InChI is InChI=1S/C52H98NO8P/c1-3-5-7-9-11-13-15-17-19-21-23-24-25-26-27-29-31-33-35-37-39-41-43-45-52(56)59-48-50(54)49-61-62(57,58)60-47-46-53-51(55)44-42-40-38-36-34-32-30-28-22-20-18-16-14-12-10-8-6-4-2/h14,16-17,19-20,22,50,54H,3-13,15,18,21,23-49H2,1-2H3,(H,53,55)(H,57,58)/b16-14-,19-17+,22-20-. The number of rotatable bonds is 49. The summed E-state index contributed by atoms with van der Waals surface area (Å²) in [5.74, 6) is -0.517. The summed E-state index contributed by atoms with van der Waals surface area (Å²) in [4.78, 5) is 34.1. The summed E-state index contributed by atoms with van der Waals surface area (Å²) in [6, 6.07) is 0. The third-order valence-corrected chi connectivity index (χ3v) is 12.3. The van der Waals surface area contributed by atoms with Crippen molar-refractivity contribution in [1.82, 2.24) is 5.32 Å². The maximum absolute atomic E-state index is 12.1. The monoisotopic (exact) mass is 896 g/mol. The highest BCUT2D eigenvalue weighted by Crippen LogP contribution is 2.42. The topological polar surface area (TPSA) is 131 Å². The normalized spacial score (nSPS) is 13.4. The first-order chi connectivity index (χ1) is 30.3. The van der Waals surface area contributed by atoms with Crippen LogP contribution in [0.3, 0.4) is 0 Å². The first-order valence-electron chi connectivity index (χ1n) is 26.0. The Balaban J connectivity index is 3.54. The van der Waals surface area contributed by atoms with E-state index in [2.05, 4.69) is 55.6 Å². The van der Waals surface area contributed by atoms with Crippen LogP contribution in [0.25, 0.3) is 0 Å². The van der Waals surface area contributed by atoms with Gasteiger partial charge in [0.05, 0.1) is 13.2 Å². The smallest absolute Gasteiger partial charge is 0.463 e. The number of ether oxygens (including phenoxy) is 1. The van der Waals surface area contributed by atoms with Crippen LogP contribution in [0.5, 0.6) is 0 Å². The Hall–Kier alpha value is -1.77. The molecular formula is C52H98NO8P. The van der Waals surface area contributed by atoms with Crippen molar-refractivity contribution in [2.75, 3.05) is 26.4 Å². The number of nitrogens with one attached hydrogen (secondary N) is 1. The molecular weight excluding hydrogens is 798 g/mol. The van der Waals surface area contributed by atoms with E-state index < -0.39 is 26.5 Å². The Bertz CT molecular complexity index is 1110. The Kier molecular flexibility index (Phi) is 47.3. The number of phosphoric acid groups is 1. The fourth-order valence-electron chi connectivity index (χ4n) is 7.35. The summed E-state index contributed by atoms with van der Waals surface area (Å²) in [6.07, 6.45) is 56.5. The van der Waals surface area contributed by atoms with Gasteiger partial charge >= 0.3 is 13.8 Å². The number of aliphatic hydroxyl groups excluding tert-OH is 1. The molecule has 0 aliphatic carbocycles. The number of esters is 1. The number of aliphatic hydroxyl groups is 1. The molecule has 0 aliphatic heterocycles. The van der Waals surface area contributed by atoms with Crippen LogP contribution < -0.4 is 5.32 Å². The molecule has 2 atom stereocenters. The number of unbranched alkanes of at least 4 members (excludes halogenated alkanes) is 30. The van der Waals surface area contributed by atoms with Crippen molar-refractivity contribution in [3.05, 3.63) is 36.5 Å². The first kappa shape index (κ1) is 60.2. The fourth-order valence-corrected chi connectivity index (χ4v) is 8.11. The molecule has 0 aromatic rings. The zero-order valence-corrected chi connectivity index (χ0v) is 41.2. The van der Waals surface area contributed by atoms with E-state index in [0.717, 1.165) is 51.4 Å². The lowest BCUT2D eigenvalue weighted by Gasteiger charge is -2.15. The number of allylic oxidation sites excluding steroid dienone is 6. The molecule has 2 unspecified atom stereocenters. The molecule has 0 heterocycles. The Morgan fingerprint density at radius 2 is 0.871 bits per heavy atom. The highest BCUT2D eigenvalue weighted by atomic mass is 31.2. The van der Waals surface area contributed by atoms with Gasteiger partial charge in [0.2, 0.25) is 5.91 Å². The molecule has 0 bridgehead atoms. The Morgan fingerprint density at radius 3 is 1.32 bits per heavy atom. The van der Waals surface area contributed by atoms with E-state index >= 15 is 0 Å². The zero-order valence-electron chi connectivity index (χ0n) is 40.3. The molecule has 0 aromatic heterocycles. The van der Waals surface area contributed by atoms with Gasteiger partial charge in [-0.25, -0.2) is 4.57 Å². The predicted molar refractivity (Wildman–Crippen MR) is 261 cm³/mol. The number of phosphoric ester groups is 1. The van der Waals surface area contributed by atoms with Gasteiger partial charge in [-0.1, -0.05) is 204 Å². The molecule has 9 nitrogen and oxygen atoms in total. The second kappa shape index (κ2) is 48.7. The number of hydrogen-bond donors (Lipinski definition) is 3. The lowest BCUT2D eigenvalue weighted by atomic mass is 10.0. The molecule has 0 radical (unpaired) electrons. The van der Waals surface area contributed by atoms with E-state index in [1.54, 1.807) is 0 Å². The number of hydrogen-bond acceptors (Lipinski definition) is 7. The quantitative estimate of drug-likeness (QED) is 0.0238. The summed E-state index contributed by atoms with van der Waals surface area (Å²) in [7, 11) is -4.42. The van der Waals surface area contributed by atoms with Crippen LogP contribution in [0.4, 0.5) is 0 Å². The van der Waals surface area contributed by atoms with Gasteiger partial charge in [-0.3, -0.25) is 18.6 Å². The molecule has 364 valence electrons. The molecule has 0 aliphatic rings. The van der Waals surface area contributed by atoms with Crippen molar-refractivity contribution in [3.63, 3.8) is 0 Å². The summed E-state index contributed by atoms with van der Waals surface area (Å²) >= 11 is 0. The molecule has 1 amide bonds. The third kappa shape index (κ3) is 49.2. The molecule has 0 saturated heterocycles. The van der Waals surface area contributed by atoms with E-state index in [1.165, 1.54) is 173 Å². The SMILES string of the molecule is CCCCCC/C=C\C/C=C\CCCCCCCCCC(=O)NCCOP(=O)(O)OCC(O)COC(=O)CCCCCCCCCCCCCCC/C=C/CCCCCCCC. The van der Waals surface area contributed by atoms with E-state index in [4.69, 9.17) is 13.8 Å². The maximum Gasteiger partial charge on any atom is 0.472 e. The van der Waals surface area contributed by atoms with Crippen LogP contribution in [0, 0.1) is 0 Å². The van der Waals surface area contributed by atoms with Crippen LogP contribution in [0.2, 0.25) is 0 Å². The summed E-state index contributed by atoms with van der Waals surface area (Å²) in [5, 5.41) is 12.8. The van der Waals surface area contributed by atoms with Gasteiger partial charge in [0.25, 0.3) is 0 Å². The highest BCUT2D eigenvalue weighted by Gasteiger charge is 2.23. The number of amides is 1. The molecule has 0 spiro atoms. The van der Waals surface area contributed by atoms with Crippen LogP contribution in [0.15, 0.2) is 36.5 Å². The predicted octanol–water partition coefficient (Wildman–Crippen LogP) is 15.3. The molecule has 10 heteroatoms. The largest absolute Gasteiger partial charge is 0.472 e. The second-order valence-electron chi connectivity index (χ2n) is 17.5. The van der Waals surface area contributed by atoms with Crippen molar-refractivity contribution >= 4 is 19.7 Å². The minimum atomic E-state index is -4.42. The zero-order chi connectivity index (χ0) is 45.3. The molecule has 0 saturated carbocycles. The van der Waals surface area contributed by atoms with Crippen LogP contribution in [-0.4, -0.2) is 54.3 Å². The average Bonchev–Trinajstić information content (AvgIpc) is 3.26. The van der Waals surface area contributed by atoms with Crippen molar-refractivity contribution in [2.24, 2.45) is 0 Å². The van der Waals surface area contributed by atoms with Crippen molar-refractivity contribution < 1.29 is 37.9 Å². The molecule has 62 heavy (non-hydrogen) atoms. The minimum absolute atomic E-state index is 0.0782. The summed E-state index contributed by atoms with van der Waals surface area (Å²) in [6.45, 7) is 3.56. The van der Waals surface area contributed by atoms with Gasteiger partial charge in [0, 0.05) is 19.4 Å². The van der Waals surface area contributed by atoms with Crippen LogP contribution in [-0.2, 0) is 27.9 Å². The van der Waals surface area contributed by atoms with Gasteiger partial charge in [0.1, 0.15) is 12.7 Å². The Morgan fingerprint density at radius 1 is 0.500 bits per heavy atom. The van der Waals surface area contributed by atoms with Gasteiger partial charge in [-0.15, -0.1) is 0 Å². The lowest BCUT2D eigenvalue weighted by molar-refractivity contribution is -0.147. The summed E-state index contributed by atoms with van der Waals surface area (Å²) < 4.78 is 27.0. The molecule has 3 N–H and O–H groups in total. The molecule has 0 fully saturated rings. The van der Waals surface area contributed by atoms with Crippen molar-refractivity contribution in [3.8, 4) is 0 Å². The van der Waals surface area contributed by atoms with Crippen LogP contribution >= 0.6 is 7.82 Å². The van der Waals surface area contributed by atoms with Gasteiger partial charge in [-0.2, -0.15) is 0 Å². The molecule has 0 rings (SSSR count).